The fraction of sp³-hybridized carbons (Fsp3) is 0.111. The Morgan fingerprint density at radius 1 is 1.27 bits per heavy atom. The van der Waals surface area contributed by atoms with Gasteiger partial charge < -0.3 is 14.7 Å². The highest BCUT2D eigenvalue weighted by Gasteiger charge is 2.20. The number of carbonyl (C=O) groups excluding carboxylic acids is 1. The quantitative estimate of drug-likeness (QED) is 0.494. The van der Waals surface area contributed by atoms with Crippen molar-refractivity contribution < 1.29 is 23.8 Å². The summed E-state index contributed by atoms with van der Waals surface area (Å²) in [4.78, 5) is 10.9. The summed E-state index contributed by atoms with van der Waals surface area (Å²) >= 11 is 0. The van der Waals surface area contributed by atoms with E-state index < -0.39 is 0 Å². The third-order valence-electron chi connectivity index (χ3n) is 3.66. The van der Waals surface area contributed by atoms with Crippen LogP contribution in [0.25, 0.3) is 11.3 Å². The Bertz CT molecular complexity index is 973. The zero-order valence-electron chi connectivity index (χ0n) is 13.7. The van der Waals surface area contributed by atoms with Gasteiger partial charge in [0.15, 0.2) is 17.6 Å². The van der Waals surface area contributed by atoms with Gasteiger partial charge in [0.2, 0.25) is 0 Å². The van der Waals surface area contributed by atoms with Crippen LogP contribution in [0.5, 0.6) is 11.5 Å². The number of nitrogens with zero attached hydrogens (tertiary/aromatic N) is 3. The molecule has 8 heteroatoms. The Morgan fingerprint density at radius 3 is 2.69 bits per heavy atom. The maximum atomic E-state index is 11.3. The van der Waals surface area contributed by atoms with Gasteiger partial charge in [0.25, 0.3) is 5.69 Å². The third-order valence-corrected chi connectivity index (χ3v) is 3.66. The number of aromatic nitrogens is 2. The van der Waals surface area contributed by atoms with Crippen LogP contribution in [-0.2, 0) is 6.61 Å². The molecular formula is C18H13N3O5. The number of methoxy groups -OCH3 is 1. The number of nitriles is 1. The topological polar surface area (TPSA) is 112 Å². The highest BCUT2D eigenvalue weighted by molar-refractivity contribution is 5.76. The average Bonchev–Trinajstić information content (AvgIpc) is 3.07. The lowest BCUT2D eigenvalue weighted by Gasteiger charge is -2.11. The van der Waals surface area contributed by atoms with Crippen LogP contribution >= 0.6 is 0 Å². The van der Waals surface area contributed by atoms with Crippen molar-refractivity contribution in [2.75, 3.05) is 7.11 Å². The molecule has 1 heterocycles. The van der Waals surface area contributed by atoms with Crippen LogP contribution in [0.1, 0.15) is 21.6 Å². The molecule has 8 nitrogen and oxygen atoms in total. The first kappa shape index (κ1) is 17.0. The summed E-state index contributed by atoms with van der Waals surface area (Å²) in [5.41, 5.74) is 1.91. The molecule has 0 saturated carbocycles. The SMILES string of the molecule is COc1cc(C=O)ccc1OCc1ccc(-c2no[n+]([O-])c2C#N)cc1. The Labute approximate surface area is 148 Å². The van der Waals surface area contributed by atoms with Crippen LogP contribution in [0, 0.1) is 16.5 Å². The smallest absolute Gasteiger partial charge is 0.302 e. The number of rotatable bonds is 6. The molecule has 0 aliphatic carbocycles. The van der Waals surface area contributed by atoms with Gasteiger partial charge in [-0.25, -0.2) is 0 Å². The van der Waals surface area contributed by atoms with E-state index in [9.17, 15) is 10.0 Å². The van der Waals surface area contributed by atoms with E-state index in [-0.39, 0.29) is 22.9 Å². The van der Waals surface area contributed by atoms with Gasteiger partial charge in [0, 0.05) is 16.3 Å². The summed E-state index contributed by atoms with van der Waals surface area (Å²) in [6.45, 7) is 0.266. The summed E-state index contributed by atoms with van der Waals surface area (Å²) in [6, 6.07) is 13.6. The Morgan fingerprint density at radius 2 is 2.04 bits per heavy atom. The molecule has 0 aliphatic rings. The normalized spacial score (nSPS) is 10.2. The summed E-state index contributed by atoms with van der Waals surface area (Å²) < 4.78 is 15.4. The predicted octanol–water partition coefficient (Wildman–Crippen LogP) is 2.25. The van der Waals surface area contributed by atoms with Crippen LogP contribution in [0.4, 0.5) is 0 Å². The molecule has 1 aromatic heterocycles. The van der Waals surface area contributed by atoms with E-state index >= 15 is 0 Å². The van der Waals surface area contributed by atoms with Gasteiger partial charge in [-0.3, -0.25) is 9.42 Å². The van der Waals surface area contributed by atoms with Crippen molar-refractivity contribution in [2.24, 2.45) is 0 Å². The average molecular weight is 351 g/mol. The second kappa shape index (κ2) is 7.36. The van der Waals surface area contributed by atoms with Gasteiger partial charge in [0.1, 0.15) is 12.9 Å². The Hall–Kier alpha value is -3.86. The standard InChI is InChI=1S/C18H13N3O5/c1-24-17-8-13(10-22)4-7-16(17)25-11-12-2-5-14(6-3-12)18-15(9-19)21(23)26-20-18/h2-8,10H,11H2,1H3. The first-order valence-corrected chi connectivity index (χ1v) is 7.51. The van der Waals surface area contributed by atoms with Crippen molar-refractivity contribution in [3.05, 3.63) is 64.5 Å². The molecule has 3 rings (SSSR count). The lowest BCUT2D eigenvalue weighted by atomic mass is 10.1. The number of carbonyl (C=O) groups is 1. The summed E-state index contributed by atoms with van der Waals surface area (Å²) in [5.74, 6) is 0.977. The van der Waals surface area contributed by atoms with Crippen molar-refractivity contribution in [1.29, 1.82) is 5.26 Å². The summed E-state index contributed by atoms with van der Waals surface area (Å²) in [6.07, 6.45) is 0.732. The van der Waals surface area contributed by atoms with Crippen molar-refractivity contribution in [3.63, 3.8) is 0 Å². The van der Waals surface area contributed by atoms with Crippen LogP contribution in [0.15, 0.2) is 47.1 Å². The number of hydrogen-bond acceptors (Lipinski definition) is 7. The van der Waals surface area contributed by atoms with E-state index in [0.29, 0.717) is 22.6 Å². The van der Waals surface area contributed by atoms with Crippen LogP contribution in [0.2, 0.25) is 0 Å². The molecule has 3 aromatic rings. The first-order chi connectivity index (χ1) is 12.7. The van der Waals surface area contributed by atoms with Crippen LogP contribution < -0.4 is 14.4 Å². The molecule has 0 saturated heterocycles. The monoisotopic (exact) mass is 351 g/mol. The van der Waals surface area contributed by atoms with Gasteiger partial charge in [-0.15, -0.1) is 0 Å². The van der Waals surface area contributed by atoms with Gasteiger partial charge in [-0.1, -0.05) is 12.1 Å². The summed E-state index contributed by atoms with van der Waals surface area (Å²) in [5, 5.41) is 23.9. The maximum absolute atomic E-state index is 11.3. The molecule has 0 bridgehead atoms. The van der Waals surface area contributed by atoms with Gasteiger partial charge in [0.05, 0.1) is 7.11 Å². The van der Waals surface area contributed by atoms with E-state index in [1.165, 1.54) is 7.11 Å². The molecule has 0 amide bonds. The minimum atomic E-state index is -0.200. The highest BCUT2D eigenvalue weighted by atomic mass is 16.8. The third kappa shape index (κ3) is 3.32. The fourth-order valence-electron chi connectivity index (χ4n) is 2.33. The molecule has 130 valence electrons. The van der Waals surface area contributed by atoms with E-state index in [1.54, 1.807) is 48.5 Å². The van der Waals surface area contributed by atoms with Gasteiger partial charge in [-0.2, -0.15) is 5.26 Å². The number of benzene rings is 2. The lowest BCUT2D eigenvalue weighted by Crippen LogP contribution is -2.26. The first-order valence-electron chi connectivity index (χ1n) is 7.51. The van der Waals surface area contributed by atoms with Crippen molar-refractivity contribution >= 4 is 6.29 Å². The molecule has 0 aliphatic heterocycles. The second-order valence-corrected chi connectivity index (χ2v) is 5.25. The molecule has 0 fully saturated rings. The van der Waals surface area contributed by atoms with E-state index in [4.69, 9.17) is 14.7 Å². The zero-order valence-corrected chi connectivity index (χ0v) is 13.7. The Balaban J connectivity index is 1.74. The molecule has 2 aromatic carbocycles. The van der Waals surface area contributed by atoms with Crippen molar-refractivity contribution in [1.82, 2.24) is 5.16 Å². The molecule has 0 unspecified atom stereocenters. The number of ether oxygens (including phenoxy) is 2. The summed E-state index contributed by atoms with van der Waals surface area (Å²) in [7, 11) is 1.50. The van der Waals surface area contributed by atoms with Gasteiger partial charge in [-0.05, 0) is 40.8 Å². The minimum Gasteiger partial charge on any atom is -0.493 e. The maximum Gasteiger partial charge on any atom is 0.302 e. The molecule has 0 N–H and O–H groups in total. The fourth-order valence-corrected chi connectivity index (χ4v) is 2.33. The van der Waals surface area contributed by atoms with Crippen molar-refractivity contribution in [2.45, 2.75) is 6.61 Å². The molecule has 0 atom stereocenters. The number of aldehydes is 1. The predicted molar refractivity (Wildman–Crippen MR) is 88.3 cm³/mol. The van der Waals surface area contributed by atoms with E-state index in [2.05, 4.69) is 9.79 Å². The second-order valence-electron chi connectivity index (χ2n) is 5.25. The molecule has 26 heavy (non-hydrogen) atoms. The zero-order chi connectivity index (χ0) is 18.5. The number of hydrogen-bond donors (Lipinski definition) is 0. The Kier molecular flexibility index (Phi) is 4.80. The van der Waals surface area contributed by atoms with E-state index in [1.807, 2.05) is 0 Å². The molecule has 0 spiro atoms. The van der Waals surface area contributed by atoms with Crippen molar-refractivity contribution in [3.8, 4) is 28.8 Å². The van der Waals surface area contributed by atoms with E-state index in [0.717, 1.165) is 11.8 Å². The van der Waals surface area contributed by atoms with Gasteiger partial charge >= 0.3 is 5.69 Å². The lowest BCUT2D eigenvalue weighted by molar-refractivity contribution is -0.804. The van der Waals surface area contributed by atoms with Crippen LogP contribution in [-0.4, -0.2) is 18.6 Å². The van der Waals surface area contributed by atoms with Crippen LogP contribution in [0.3, 0.4) is 0 Å². The minimum absolute atomic E-state index is 0.0711. The molecular weight excluding hydrogens is 338 g/mol. The largest absolute Gasteiger partial charge is 0.493 e. The molecule has 0 radical (unpaired) electrons. The highest BCUT2D eigenvalue weighted by Crippen LogP contribution is 2.28.